The molecule has 82 valence electrons. The normalized spacial score (nSPS) is 29.1. The molecule has 1 aliphatic rings. The van der Waals surface area contributed by atoms with Crippen LogP contribution < -0.4 is 0 Å². The zero-order valence-corrected chi connectivity index (χ0v) is 10.5. The number of nitrogens with zero attached hydrogens (tertiary/aromatic N) is 1. The molecule has 0 aromatic carbocycles. The molecule has 1 rings (SSSR count). The molecule has 5 heteroatoms. The minimum Gasteiger partial charge on any atom is -0.334 e. The Morgan fingerprint density at radius 3 is 2.00 bits per heavy atom. The highest BCUT2D eigenvalue weighted by Crippen LogP contribution is 2.33. The summed E-state index contributed by atoms with van der Waals surface area (Å²) in [6.45, 7) is 3.98. The van der Waals surface area contributed by atoms with E-state index in [9.17, 15) is 4.79 Å². The van der Waals surface area contributed by atoms with Gasteiger partial charge in [0.1, 0.15) is 0 Å². The summed E-state index contributed by atoms with van der Waals surface area (Å²) in [7, 11) is 0. The molecule has 2 nitrogen and oxygen atoms in total. The lowest BCUT2D eigenvalue weighted by Crippen LogP contribution is -2.51. The predicted octanol–water partition coefficient (Wildman–Crippen LogP) is 3.15. The van der Waals surface area contributed by atoms with Gasteiger partial charge in [0.05, 0.1) is 0 Å². The molecule has 1 heterocycles. The molecule has 0 unspecified atom stereocenters. The number of halogens is 3. The van der Waals surface area contributed by atoms with E-state index in [1.54, 1.807) is 4.90 Å². The number of rotatable bonds is 0. The van der Waals surface area contributed by atoms with Crippen LogP contribution in [0.25, 0.3) is 0 Å². The fraction of sp³-hybridized carbons (Fsp3) is 0.889. The van der Waals surface area contributed by atoms with Crippen LogP contribution in [-0.2, 0) is 4.79 Å². The SMILES string of the molecule is C[C@@H]1CCC[C@H](C)N1C(=O)C(Cl)(Cl)Cl. The van der Waals surface area contributed by atoms with E-state index in [1.807, 2.05) is 13.8 Å². The van der Waals surface area contributed by atoms with Crippen molar-refractivity contribution < 1.29 is 4.79 Å². The Morgan fingerprint density at radius 1 is 1.21 bits per heavy atom. The Labute approximate surface area is 99.5 Å². The molecule has 2 atom stereocenters. The fourth-order valence-electron chi connectivity index (χ4n) is 1.97. The highest BCUT2D eigenvalue weighted by molar-refractivity contribution is 6.76. The van der Waals surface area contributed by atoms with Crippen molar-refractivity contribution in [3.8, 4) is 0 Å². The Morgan fingerprint density at radius 2 is 1.64 bits per heavy atom. The molecule has 1 saturated heterocycles. The van der Waals surface area contributed by atoms with Crippen LogP contribution in [0.1, 0.15) is 33.1 Å². The van der Waals surface area contributed by atoms with Gasteiger partial charge in [-0.1, -0.05) is 34.8 Å². The van der Waals surface area contributed by atoms with Gasteiger partial charge < -0.3 is 4.90 Å². The second-order valence-corrected chi connectivity index (χ2v) is 6.12. The minimum absolute atomic E-state index is 0.168. The maximum Gasteiger partial charge on any atom is 0.275 e. The average Bonchev–Trinajstić information content (AvgIpc) is 2.01. The summed E-state index contributed by atoms with van der Waals surface area (Å²) in [5.74, 6) is -0.401. The molecule has 0 radical (unpaired) electrons. The van der Waals surface area contributed by atoms with E-state index in [4.69, 9.17) is 34.8 Å². The van der Waals surface area contributed by atoms with E-state index < -0.39 is 9.70 Å². The van der Waals surface area contributed by atoms with E-state index in [0.717, 1.165) is 19.3 Å². The lowest BCUT2D eigenvalue weighted by molar-refractivity contribution is -0.136. The quantitative estimate of drug-likeness (QED) is 0.611. The van der Waals surface area contributed by atoms with Crippen molar-refractivity contribution in [3.05, 3.63) is 0 Å². The number of piperidine rings is 1. The number of hydrogen-bond donors (Lipinski definition) is 0. The largest absolute Gasteiger partial charge is 0.334 e. The zero-order chi connectivity index (χ0) is 10.9. The van der Waals surface area contributed by atoms with Crippen LogP contribution in [0.3, 0.4) is 0 Å². The summed E-state index contributed by atoms with van der Waals surface area (Å²) in [4.78, 5) is 13.5. The third kappa shape index (κ3) is 2.68. The number of carbonyl (C=O) groups is 1. The highest BCUT2D eigenvalue weighted by Gasteiger charge is 2.40. The maximum absolute atomic E-state index is 11.8. The first-order chi connectivity index (χ1) is 6.34. The van der Waals surface area contributed by atoms with Gasteiger partial charge >= 0.3 is 0 Å². The molecule has 1 amide bonds. The van der Waals surface area contributed by atoms with Gasteiger partial charge in [0.2, 0.25) is 0 Å². The van der Waals surface area contributed by atoms with Gasteiger partial charge in [0, 0.05) is 12.1 Å². The lowest BCUT2D eigenvalue weighted by atomic mass is 9.97. The first kappa shape index (κ1) is 12.4. The number of carbonyl (C=O) groups excluding carboxylic acids is 1. The summed E-state index contributed by atoms with van der Waals surface area (Å²) in [5.41, 5.74) is 0. The fourth-order valence-corrected chi connectivity index (χ4v) is 2.26. The minimum atomic E-state index is -1.82. The molecule has 0 aromatic heterocycles. The van der Waals surface area contributed by atoms with Gasteiger partial charge in [0.15, 0.2) is 0 Å². The molecule has 0 N–H and O–H groups in total. The van der Waals surface area contributed by atoms with E-state index in [1.165, 1.54) is 0 Å². The molecule has 14 heavy (non-hydrogen) atoms. The molecule has 0 saturated carbocycles. The van der Waals surface area contributed by atoms with Crippen molar-refractivity contribution in [2.75, 3.05) is 0 Å². The lowest BCUT2D eigenvalue weighted by Gasteiger charge is -2.40. The topological polar surface area (TPSA) is 20.3 Å². The molecule has 0 spiro atoms. The molecule has 0 bridgehead atoms. The summed E-state index contributed by atoms with van der Waals surface area (Å²) in [6.07, 6.45) is 3.10. The second kappa shape index (κ2) is 4.46. The van der Waals surface area contributed by atoms with Crippen LogP contribution in [-0.4, -0.2) is 26.7 Å². The van der Waals surface area contributed by atoms with Crippen LogP contribution in [0.5, 0.6) is 0 Å². The average molecular weight is 259 g/mol. The van der Waals surface area contributed by atoms with E-state index in [0.29, 0.717) is 0 Å². The number of hydrogen-bond acceptors (Lipinski definition) is 1. The third-order valence-electron chi connectivity index (χ3n) is 2.67. The molecule has 0 aliphatic carbocycles. The maximum atomic E-state index is 11.8. The number of likely N-dealkylation sites (tertiary alicyclic amines) is 1. The summed E-state index contributed by atoms with van der Waals surface area (Å²) < 4.78 is -1.82. The van der Waals surface area contributed by atoms with Gasteiger partial charge in [-0.05, 0) is 33.1 Å². The first-order valence-electron chi connectivity index (χ1n) is 4.73. The van der Waals surface area contributed by atoms with E-state index in [2.05, 4.69) is 0 Å². The van der Waals surface area contributed by atoms with Crippen molar-refractivity contribution in [2.45, 2.75) is 49.0 Å². The van der Waals surface area contributed by atoms with Crippen molar-refractivity contribution in [1.82, 2.24) is 4.90 Å². The van der Waals surface area contributed by atoms with Crippen LogP contribution in [0.2, 0.25) is 0 Å². The number of amides is 1. The monoisotopic (exact) mass is 257 g/mol. The van der Waals surface area contributed by atoms with Crippen LogP contribution in [0.4, 0.5) is 0 Å². The van der Waals surface area contributed by atoms with Gasteiger partial charge in [-0.25, -0.2) is 0 Å². The Kier molecular flexibility index (Phi) is 3.95. The van der Waals surface area contributed by atoms with Crippen LogP contribution in [0.15, 0.2) is 0 Å². The summed E-state index contributed by atoms with van der Waals surface area (Å²) in [5, 5.41) is 0. The van der Waals surface area contributed by atoms with E-state index in [-0.39, 0.29) is 12.1 Å². The molecular weight excluding hydrogens is 244 g/mol. The molecule has 1 fully saturated rings. The molecule has 0 aromatic rings. The highest BCUT2D eigenvalue weighted by atomic mass is 35.6. The Hall–Kier alpha value is 0.340. The second-order valence-electron chi connectivity index (χ2n) is 3.84. The number of alkyl halides is 3. The van der Waals surface area contributed by atoms with Crippen molar-refractivity contribution in [3.63, 3.8) is 0 Å². The third-order valence-corrected chi connectivity index (χ3v) is 3.16. The summed E-state index contributed by atoms with van der Waals surface area (Å²) >= 11 is 16.8. The first-order valence-corrected chi connectivity index (χ1v) is 5.87. The Bertz CT molecular complexity index is 217. The Balaban J connectivity index is 2.78. The van der Waals surface area contributed by atoms with Gasteiger partial charge in [0.25, 0.3) is 9.70 Å². The predicted molar refractivity (Wildman–Crippen MR) is 59.9 cm³/mol. The summed E-state index contributed by atoms with van der Waals surface area (Å²) in [6, 6.07) is 0.337. The van der Waals surface area contributed by atoms with Crippen LogP contribution >= 0.6 is 34.8 Å². The van der Waals surface area contributed by atoms with Crippen molar-refractivity contribution >= 4 is 40.7 Å². The van der Waals surface area contributed by atoms with Crippen molar-refractivity contribution in [1.29, 1.82) is 0 Å². The molecule has 1 aliphatic heterocycles. The van der Waals surface area contributed by atoms with Crippen molar-refractivity contribution in [2.24, 2.45) is 0 Å². The van der Waals surface area contributed by atoms with Crippen LogP contribution in [0, 0.1) is 0 Å². The molecular formula is C9H14Cl3NO. The van der Waals surface area contributed by atoms with Gasteiger partial charge in [-0.15, -0.1) is 0 Å². The zero-order valence-electron chi connectivity index (χ0n) is 8.27. The van der Waals surface area contributed by atoms with E-state index >= 15 is 0 Å². The van der Waals surface area contributed by atoms with Gasteiger partial charge in [-0.2, -0.15) is 0 Å². The standard InChI is InChI=1S/C9H14Cl3NO/c1-6-4-3-5-7(2)13(6)8(14)9(10,11)12/h6-7H,3-5H2,1-2H3/t6-,7+. The van der Waals surface area contributed by atoms with Gasteiger partial charge in [-0.3, -0.25) is 4.79 Å². The smallest absolute Gasteiger partial charge is 0.275 e.